The van der Waals surface area contributed by atoms with Crippen LogP contribution in [0.1, 0.15) is 27.3 Å². The number of nitro groups is 1. The van der Waals surface area contributed by atoms with E-state index in [4.69, 9.17) is 5.73 Å². The molecule has 0 aliphatic carbocycles. The van der Waals surface area contributed by atoms with E-state index in [0.717, 1.165) is 17.1 Å². The standard InChI is InChI=1S/C23H19N5O3S/c24-22(29)17-11-12-18(20(14-17)28(30)31)15-32-23-26-25-21(13-16-7-3-1-4-8-16)27(23)19-9-5-2-6-10-19/h1-12,14H,13,15H2,(H2,24,29). The van der Waals surface area contributed by atoms with Crippen molar-refractivity contribution in [3.05, 3.63) is 111 Å². The van der Waals surface area contributed by atoms with Gasteiger partial charge < -0.3 is 5.73 Å². The van der Waals surface area contributed by atoms with Crippen LogP contribution in [0.4, 0.5) is 5.69 Å². The second kappa shape index (κ2) is 9.44. The Morgan fingerprint density at radius 1 is 1.00 bits per heavy atom. The van der Waals surface area contributed by atoms with Crippen LogP contribution in [0, 0.1) is 10.1 Å². The number of benzene rings is 3. The van der Waals surface area contributed by atoms with Gasteiger partial charge in [-0.25, -0.2) is 0 Å². The van der Waals surface area contributed by atoms with Gasteiger partial charge in [-0.2, -0.15) is 0 Å². The molecular formula is C23H19N5O3S. The molecule has 0 fully saturated rings. The molecule has 2 N–H and O–H groups in total. The Balaban J connectivity index is 1.66. The number of hydrogen-bond donors (Lipinski definition) is 1. The van der Waals surface area contributed by atoms with Crippen LogP contribution < -0.4 is 5.73 Å². The Hall–Kier alpha value is -3.98. The molecule has 0 aliphatic rings. The number of thioether (sulfide) groups is 1. The van der Waals surface area contributed by atoms with E-state index in [1.165, 1.54) is 23.9 Å². The van der Waals surface area contributed by atoms with Crippen molar-refractivity contribution in [1.29, 1.82) is 0 Å². The van der Waals surface area contributed by atoms with Crippen molar-refractivity contribution in [1.82, 2.24) is 14.8 Å². The molecule has 0 aliphatic heterocycles. The number of rotatable bonds is 8. The van der Waals surface area contributed by atoms with Gasteiger partial charge in [0.2, 0.25) is 5.91 Å². The van der Waals surface area contributed by atoms with Crippen LogP contribution >= 0.6 is 11.8 Å². The number of carbonyl (C=O) groups excluding carboxylic acids is 1. The highest BCUT2D eigenvalue weighted by Crippen LogP contribution is 2.30. The molecule has 0 unspecified atom stereocenters. The zero-order valence-corrected chi connectivity index (χ0v) is 17.7. The van der Waals surface area contributed by atoms with Crippen LogP contribution in [0.25, 0.3) is 5.69 Å². The molecule has 0 radical (unpaired) electrons. The molecule has 32 heavy (non-hydrogen) atoms. The maximum Gasteiger partial charge on any atom is 0.274 e. The molecule has 160 valence electrons. The fraction of sp³-hybridized carbons (Fsp3) is 0.0870. The van der Waals surface area contributed by atoms with Gasteiger partial charge in [0.05, 0.1) is 4.92 Å². The number of nitrogens with zero attached hydrogens (tertiary/aromatic N) is 4. The Morgan fingerprint density at radius 3 is 2.34 bits per heavy atom. The second-order valence-corrected chi connectivity index (χ2v) is 7.93. The lowest BCUT2D eigenvalue weighted by Gasteiger charge is -2.10. The summed E-state index contributed by atoms with van der Waals surface area (Å²) in [7, 11) is 0. The largest absolute Gasteiger partial charge is 0.366 e. The first-order valence-electron chi connectivity index (χ1n) is 9.76. The lowest BCUT2D eigenvalue weighted by Crippen LogP contribution is -2.11. The van der Waals surface area contributed by atoms with Gasteiger partial charge in [-0.15, -0.1) is 10.2 Å². The normalized spacial score (nSPS) is 10.8. The van der Waals surface area contributed by atoms with Gasteiger partial charge in [0.25, 0.3) is 5.69 Å². The molecule has 1 amide bonds. The van der Waals surface area contributed by atoms with E-state index >= 15 is 0 Å². The maximum absolute atomic E-state index is 11.5. The third-order valence-corrected chi connectivity index (χ3v) is 5.82. The van der Waals surface area contributed by atoms with E-state index in [2.05, 4.69) is 10.2 Å². The van der Waals surface area contributed by atoms with E-state index in [1.807, 2.05) is 65.2 Å². The zero-order valence-electron chi connectivity index (χ0n) is 16.9. The molecule has 0 spiro atoms. The summed E-state index contributed by atoms with van der Waals surface area (Å²) < 4.78 is 1.96. The van der Waals surface area contributed by atoms with Crippen molar-refractivity contribution >= 4 is 23.4 Å². The third-order valence-electron chi connectivity index (χ3n) is 4.84. The minimum atomic E-state index is -0.707. The molecule has 0 saturated heterocycles. The van der Waals surface area contributed by atoms with E-state index in [-0.39, 0.29) is 17.0 Å². The van der Waals surface area contributed by atoms with Crippen LogP contribution in [0.5, 0.6) is 0 Å². The first-order chi connectivity index (χ1) is 15.5. The first kappa shape index (κ1) is 21.3. The van der Waals surface area contributed by atoms with Gasteiger partial charge in [0, 0.05) is 35.1 Å². The fourth-order valence-electron chi connectivity index (χ4n) is 3.27. The van der Waals surface area contributed by atoms with Gasteiger partial charge >= 0.3 is 0 Å². The lowest BCUT2D eigenvalue weighted by atomic mass is 10.1. The molecule has 3 aromatic carbocycles. The molecule has 1 aromatic heterocycles. The number of nitrogens with two attached hydrogens (primary N) is 1. The third kappa shape index (κ3) is 4.68. The molecule has 0 bridgehead atoms. The highest BCUT2D eigenvalue weighted by atomic mass is 32.2. The van der Waals surface area contributed by atoms with Crippen molar-refractivity contribution < 1.29 is 9.72 Å². The number of nitro benzene ring substituents is 1. The number of para-hydroxylation sites is 1. The summed E-state index contributed by atoms with van der Waals surface area (Å²) in [5.41, 5.74) is 7.69. The Bertz CT molecular complexity index is 1260. The lowest BCUT2D eigenvalue weighted by molar-refractivity contribution is -0.385. The summed E-state index contributed by atoms with van der Waals surface area (Å²) in [6.07, 6.45) is 0.594. The first-order valence-corrected chi connectivity index (χ1v) is 10.7. The van der Waals surface area contributed by atoms with Gasteiger partial charge in [-0.3, -0.25) is 19.5 Å². The quantitative estimate of drug-likeness (QED) is 0.247. The second-order valence-electron chi connectivity index (χ2n) is 6.99. The number of amides is 1. The topological polar surface area (TPSA) is 117 Å². The van der Waals surface area contributed by atoms with Crippen LogP contribution in [0.2, 0.25) is 0 Å². The van der Waals surface area contributed by atoms with E-state index in [0.29, 0.717) is 17.1 Å². The molecule has 0 atom stereocenters. The van der Waals surface area contributed by atoms with Crippen molar-refractivity contribution in [3.8, 4) is 5.69 Å². The van der Waals surface area contributed by atoms with Crippen molar-refractivity contribution in [2.24, 2.45) is 5.73 Å². The average molecular weight is 446 g/mol. The number of primary amides is 1. The van der Waals surface area contributed by atoms with Crippen molar-refractivity contribution in [2.75, 3.05) is 0 Å². The Labute approximate surface area is 188 Å². The number of carbonyl (C=O) groups is 1. The van der Waals surface area contributed by atoms with Crippen LogP contribution in [0.3, 0.4) is 0 Å². The van der Waals surface area contributed by atoms with Crippen molar-refractivity contribution in [2.45, 2.75) is 17.3 Å². The molecule has 1 heterocycles. The van der Waals surface area contributed by atoms with E-state index < -0.39 is 10.8 Å². The van der Waals surface area contributed by atoms with Gasteiger partial charge in [0.15, 0.2) is 5.16 Å². The summed E-state index contributed by atoms with van der Waals surface area (Å²) in [5, 5.41) is 20.9. The maximum atomic E-state index is 11.5. The minimum absolute atomic E-state index is 0.100. The van der Waals surface area contributed by atoms with Gasteiger partial charge in [-0.1, -0.05) is 66.4 Å². The molecule has 0 saturated carbocycles. The number of aromatic nitrogens is 3. The van der Waals surface area contributed by atoms with Gasteiger partial charge in [-0.05, 0) is 23.8 Å². The molecule has 8 nitrogen and oxygen atoms in total. The summed E-state index contributed by atoms with van der Waals surface area (Å²) in [5.74, 6) is 0.344. The molecule has 4 aromatic rings. The predicted octanol–water partition coefficient (Wildman–Crippen LogP) is 4.16. The van der Waals surface area contributed by atoms with Gasteiger partial charge in [0.1, 0.15) is 5.82 Å². The van der Waals surface area contributed by atoms with Crippen molar-refractivity contribution in [3.63, 3.8) is 0 Å². The van der Waals surface area contributed by atoms with E-state index in [9.17, 15) is 14.9 Å². The molecular weight excluding hydrogens is 426 g/mol. The summed E-state index contributed by atoms with van der Waals surface area (Å²) >= 11 is 1.34. The monoisotopic (exact) mass is 445 g/mol. The zero-order chi connectivity index (χ0) is 22.5. The predicted molar refractivity (Wildman–Crippen MR) is 122 cm³/mol. The van der Waals surface area contributed by atoms with Crippen LogP contribution in [0.15, 0.2) is 84.0 Å². The summed E-state index contributed by atoms with van der Waals surface area (Å²) in [6, 6.07) is 24.0. The Kier molecular flexibility index (Phi) is 6.27. The highest BCUT2D eigenvalue weighted by molar-refractivity contribution is 7.98. The molecule has 9 heteroatoms. The van der Waals surface area contributed by atoms with Crippen LogP contribution in [-0.4, -0.2) is 25.6 Å². The van der Waals surface area contributed by atoms with Crippen LogP contribution in [-0.2, 0) is 12.2 Å². The SMILES string of the molecule is NC(=O)c1ccc(CSc2nnc(Cc3ccccc3)n2-c2ccccc2)c([N+](=O)[O-])c1. The Morgan fingerprint density at radius 2 is 1.69 bits per heavy atom. The summed E-state index contributed by atoms with van der Waals surface area (Å²) in [6.45, 7) is 0. The smallest absolute Gasteiger partial charge is 0.274 e. The average Bonchev–Trinajstić information content (AvgIpc) is 3.21. The number of hydrogen-bond acceptors (Lipinski definition) is 6. The van der Waals surface area contributed by atoms with E-state index in [1.54, 1.807) is 6.07 Å². The molecule has 4 rings (SSSR count). The minimum Gasteiger partial charge on any atom is -0.366 e. The summed E-state index contributed by atoms with van der Waals surface area (Å²) in [4.78, 5) is 22.4. The fourth-order valence-corrected chi connectivity index (χ4v) is 4.24. The highest BCUT2D eigenvalue weighted by Gasteiger charge is 2.19.